The molecule has 3 heteroatoms. The maximum atomic E-state index is 5.53. The van der Waals surface area contributed by atoms with Gasteiger partial charge >= 0.3 is 0 Å². The Kier molecular flexibility index (Phi) is 2.51. The van der Waals surface area contributed by atoms with Gasteiger partial charge in [0.25, 0.3) is 0 Å². The first-order valence-corrected chi connectivity index (χ1v) is 3.44. The smallest absolute Gasteiger partial charge is 0.0320 e. The first-order valence-electron chi connectivity index (χ1n) is 3.06. The van der Waals surface area contributed by atoms with E-state index in [-0.39, 0.29) is 0 Å². The topological polar surface area (TPSA) is 24.1 Å². The lowest BCUT2D eigenvalue weighted by Crippen LogP contribution is -2.55. The van der Waals surface area contributed by atoms with Crippen LogP contribution in [0.25, 0.3) is 0 Å². The minimum atomic E-state index is 0.612. The van der Waals surface area contributed by atoms with Crippen molar-refractivity contribution in [3.05, 3.63) is 11.6 Å². The minimum absolute atomic E-state index is 0.612. The summed E-state index contributed by atoms with van der Waals surface area (Å²) in [5.74, 6) is 0. The van der Waals surface area contributed by atoms with Crippen LogP contribution in [-0.2, 0) is 0 Å². The van der Waals surface area contributed by atoms with Crippen LogP contribution in [0.4, 0.5) is 0 Å². The van der Waals surface area contributed by atoms with E-state index in [1.54, 1.807) is 0 Å². The molecule has 1 saturated heterocycles. The molecule has 0 radical (unpaired) electrons. The van der Waals surface area contributed by atoms with E-state index in [0.29, 0.717) is 11.1 Å². The second-order valence-corrected chi connectivity index (χ2v) is 2.79. The predicted octanol–water partition coefficient (Wildman–Crippen LogP) is 0.300. The lowest BCUT2D eigenvalue weighted by Gasteiger charge is -2.27. The van der Waals surface area contributed by atoms with E-state index in [4.69, 9.17) is 11.6 Å². The average Bonchev–Trinajstić information content (AvgIpc) is 1.60. The standard InChI is InChI=1S/C6H11ClN2/c1-5(7)2-9-6-3-8-4-6/h6,8-9H,1-4H2. The van der Waals surface area contributed by atoms with E-state index in [1.807, 2.05) is 0 Å². The van der Waals surface area contributed by atoms with Gasteiger partial charge in [-0.3, -0.25) is 0 Å². The molecule has 0 saturated carbocycles. The molecule has 1 aliphatic rings. The molecule has 1 heterocycles. The molecule has 0 aliphatic carbocycles. The van der Waals surface area contributed by atoms with Crippen molar-refractivity contribution in [3.63, 3.8) is 0 Å². The first-order chi connectivity index (χ1) is 4.29. The minimum Gasteiger partial charge on any atom is -0.314 e. The van der Waals surface area contributed by atoms with Crippen molar-refractivity contribution < 1.29 is 0 Å². The normalized spacial score (nSPS) is 19.2. The molecule has 0 spiro atoms. The largest absolute Gasteiger partial charge is 0.314 e. The van der Waals surface area contributed by atoms with Gasteiger partial charge in [-0.25, -0.2) is 0 Å². The third kappa shape index (κ3) is 2.35. The van der Waals surface area contributed by atoms with Gasteiger partial charge in [0.05, 0.1) is 0 Å². The van der Waals surface area contributed by atoms with Gasteiger partial charge in [-0.05, 0) is 0 Å². The summed E-state index contributed by atoms with van der Waals surface area (Å²) in [6.45, 7) is 6.42. The first kappa shape index (κ1) is 7.06. The van der Waals surface area contributed by atoms with Crippen LogP contribution in [0, 0.1) is 0 Å². The van der Waals surface area contributed by atoms with Gasteiger partial charge in [0, 0.05) is 30.7 Å². The fourth-order valence-electron chi connectivity index (χ4n) is 0.688. The molecule has 2 N–H and O–H groups in total. The molecule has 1 fully saturated rings. The van der Waals surface area contributed by atoms with E-state index in [9.17, 15) is 0 Å². The molecule has 0 aromatic carbocycles. The second-order valence-electron chi connectivity index (χ2n) is 2.25. The van der Waals surface area contributed by atoms with Gasteiger partial charge in [-0.2, -0.15) is 0 Å². The molecule has 0 amide bonds. The zero-order valence-electron chi connectivity index (χ0n) is 5.28. The van der Waals surface area contributed by atoms with Gasteiger partial charge in [0.15, 0.2) is 0 Å². The number of nitrogens with one attached hydrogen (secondary N) is 2. The van der Waals surface area contributed by atoms with Crippen molar-refractivity contribution in [3.8, 4) is 0 Å². The molecule has 0 aromatic heterocycles. The fourth-order valence-corrected chi connectivity index (χ4v) is 0.765. The quantitative estimate of drug-likeness (QED) is 0.599. The maximum absolute atomic E-state index is 5.53. The van der Waals surface area contributed by atoms with Crippen LogP contribution in [-0.4, -0.2) is 25.7 Å². The Bertz CT molecular complexity index is 110. The Morgan fingerprint density at radius 1 is 1.78 bits per heavy atom. The number of hydrogen-bond donors (Lipinski definition) is 2. The van der Waals surface area contributed by atoms with E-state index >= 15 is 0 Å². The summed E-state index contributed by atoms with van der Waals surface area (Å²) in [4.78, 5) is 0. The van der Waals surface area contributed by atoms with Crippen LogP contribution >= 0.6 is 11.6 Å². The summed E-state index contributed by atoms with van der Waals surface area (Å²) in [5, 5.41) is 7.06. The summed E-state index contributed by atoms with van der Waals surface area (Å²) in [6.07, 6.45) is 0. The highest BCUT2D eigenvalue weighted by molar-refractivity contribution is 6.29. The summed E-state index contributed by atoms with van der Waals surface area (Å²) in [5.41, 5.74) is 0. The monoisotopic (exact) mass is 146 g/mol. The van der Waals surface area contributed by atoms with Crippen LogP contribution < -0.4 is 10.6 Å². The van der Waals surface area contributed by atoms with Crippen molar-refractivity contribution in [2.24, 2.45) is 0 Å². The van der Waals surface area contributed by atoms with Crippen LogP contribution in [0.2, 0.25) is 0 Å². The lowest BCUT2D eigenvalue weighted by atomic mass is 10.2. The Labute approximate surface area is 60.3 Å². The number of hydrogen-bond acceptors (Lipinski definition) is 2. The Morgan fingerprint density at radius 3 is 2.78 bits per heavy atom. The molecule has 1 rings (SSSR count). The number of halogens is 1. The molecule has 0 atom stereocenters. The Balaban J connectivity index is 1.97. The van der Waals surface area contributed by atoms with Gasteiger partial charge < -0.3 is 10.6 Å². The zero-order valence-corrected chi connectivity index (χ0v) is 6.04. The zero-order chi connectivity index (χ0) is 6.69. The molecule has 0 aromatic rings. The molecule has 52 valence electrons. The van der Waals surface area contributed by atoms with E-state index in [0.717, 1.165) is 19.6 Å². The van der Waals surface area contributed by atoms with Gasteiger partial charge in [0.2, 0.25) is 0 Å². The molecule has 0 bridgehead atoms. The highest BCUT2D eigenvalue weighted by Gasteiger charge is 2.14. The van der Waals surface area contributed by atoms with Gasteiger partial charge in [0.1, 0.15) is 0 Å². The predicted molar refractivity (Wildman–Crippen MR) is 39.7 cm³/mol. The van der Waals surface area contributed by atoms with Crippen molar-refractivity contribution >= 4 is 11.6 Å². The molecular formula is C6H11ClN2. The van der Waals surface area contributed by atoms with E-state index in [2.05, 4.69) is 17.2 Å². The van der Waals surface area contributed by atoms with Gasteiger partial charge in [-0.1, -0.05) is 18.2 Å². The van der Waals surface area contributed by atoms with Crippen LogP contribution in [0.15, 0.2) is 11.6 Å². The SMILES string of the molecule is C=C(Cl)CNC1CNC1. The number of rotatable bonds is 3. The summed E-state index contributed by atoms with van der Waals surface area (Å²) in [7, 11) is 0. The molecule has 2 nitrogen and oxygen atoms in total. The molecule has 9 heavy (non-hydrogen) atoms. The van der Waals surface area contributed by atoms with Crippen molar-refractivity contribution in [1.29, 1.82) is 0 Å². The van der Waals surface area contributed by atoms with Gasteiger partial charge in [-0.15, -0.1) is 0 Å². The third-order valence-corrected chi connectivity index (χ3v) is 1.50. The third-order valence-electron chi connectivity index (χ3n) is 1.36. The summed E-state index contributed by atoms with van der Waals surface area (Å²) >= 11 is 5.53. The van der Waals surface area contributed by atoms with Crippen LogP contribution in [0.5, 0.6) is 0 Å². The van der Waals surface area contributed by atoms with E-state index in [1.165, 1.54) is 0 Å². The molecular weight excluding hydrogens is 136 g/mol. The van der Waals surface area contributed by atoms with Crippen molar-refractivity contribution in [2.45, 2.75) is 6.04 Å². The Hall–Kier alpha value is -0.0500. The lowest BCUT2D eigenvalue weighted by molar-refractivity contribution is 0.378. The van der Waals surface area contributed by atoms with Crippen LogP contribution in [0.3, 0.4) is 0 Å². The molecule has 0 unspecified atom stereocenters. The summed E-state index contributed by atoms with van der Waals surface area (Å²) in [6, 6.07) is 0.612. The molecule has 1 aliphatic heterocycles. The fraction of sp³-hybridized carbons (Fsp3) is 0.667. The highest BCUT2D eigenvalue weighted by Crippen LogP contribution is 1.96. The second kappa shape index (κ2) is 3.20. The highest BCUT2D eigenvalue weighted by atomic mass is 35.5. The van der Waals surface area contributed by atoms with Crippen LogP contribution in [0.1, 0.15) is 0 Å². The van der Waals surface area contributed by atoms with Crippen molar-refractivity contribution in [1.82, 2.24) is 10.6 Å². The average molecular weight is 147 g/mol. The van der Waals surface area contributed by atoms with E-state index < -0.39 is 0 Å². The maximum Gasteiger partial charge on any atom is 0.0320 e. The van der Waals surface area contributed by atoms with Crippen molar-refractivity contribution in [2.75, 3.05) is 19.6 Å². The Morgan fingerprint density at radius 2 is 2.44 bits per heavy atom. The summed E-state index contributed by atoms with van der Waals surface area (Å²) < 4.78 is 0.